The number of ether oxygens (including phenoxy) is 3. The van der Waals surface area contributed by atoms with E-state index in [9.17, 15) is 4.79 Å². The number of amides is 2. The van der Waals surface area contributed by atoms with Crippen LogP contribution in [0.4, 0.5) is 4.79 Å². The van der Waals surface area contributed by atoms with Crippen molar-refractivity contribution in [3.8, 4) is 11.5 Å². The minimum Gasteiger partial charge on any atom is -0.497 e. The van der Waals surface area contributed by atoms with E-state index in [1.54, 1.807) is 14.2 Å². The zero-order valence-electron chi connectivity index (χ0n) is 14.8. The van der Waals surface area contributed by atoms with E-state index in [1.165, 1.54) is 0 Å². The standard InChI is InChI=1S/C18H28N2O4/c1-4-24-12-6-10-19-18(21)20-11-5-7-16(20)15-13-14(22-2)8-9-17(15)23-3/h8-9,13,16H,4-7,10-12H2,1-3H3,(H,19,21). The fourth-order valence-electron chi connectivity index (χ4n) is 3.05. The van der Waals surface area contributed by atoms with Crippen LogP contribution in [0.5, 0.6) is 11.5 Å². The topological polar surface area (TPSA) is 60.0 Å². The quantitative estimate of drug-likeness (QED) is 0.742. The highest BCUT2D eigenvalue weighted by Gasteiger charge is 2.32. The van der Waals surface area contributed by atoms with Gasteiger partial charge < -0.3 is 24.4 Å². The fraction of sp³-hybridized carbons (Fsp3) is 0.611. The van der Waals surface area contributed by atoms with Crippen LogP contribution in [0.25, 0.3) is 0 Å². The Labute approximate surface area is 144 Å². The lowest BCUT2D eigenvalue weighted by atomic mass is 10.0. The molecular weight excluding hydrogens is 308 g/mol. The summed E-state index contributed by atoms with van der Waals surface area (Å²) in [5.74, 6) is 1.56. The Morgan fingerprint density at radius 2 is 2.17 bits per heavy atom. The molecule has 0 spiro atoms. The molecule has 1 aliphatic rings. The van der Waals surface area contributed by atoms with Crippen LogP contribution in [0.3, 0.4) is 0 Å². The van der Waals surface area contributed by atoms with Crippen LogP contribution < -0.4 is 14.8 Å². The largest absolute Gasteiger partial charge is 0.497 e. The molecule has 1 fully saturated rings. The predicted molar refractivity (Wildman–Crippen MR) is 92.7 cm³/mol. The zero-order valence-corrected chi connectivity index (χ0v) is 14.8. The lowest BCUT2D eigenvalue weighted by Gasteiger charge is -2.27. The molecule has 1 unspecified atom stereocenters. The van der Waals surface area contributed by atoms with E-state index in [2.05, 4.69) is 5.32 Å². The average Bonchev–Trinajstić information content (AvgIpc) is 3.10. The molecule has 1 atom stereocenters. The van der Waals surface area contributed by atoms with Gasteiger partial charge in [0.1, 0.15) is 11.5 Å². The van der Waals surface area contributed by atoms with Gasteiger partial charge in [0, 0.05) is 31.9 Å². The number of nitrogens with one attached hydrogen (secondary N) is 1. The van der Waals surface area contributed by atoms with Crippen molar-refractivity contribution in [3.63, 3.8) is 0 Å². The van der Waals surface area contributed by atoms with Gasteiger partial charge >= 0.3 is 6.03 Å². The smallest absolute Gasteiger partial charge is 0.317 e. The molecule has 0 aliphatic carbocycles. The van der Waals surface area contributed by atoms with Crippen LogP contribution in [0, 0.1) is 0 Å². The molecule has 1 aliphatic heterocycles. The van der Waals surface area contributed by atoms with Crippen LogP contribution >= 0.6 is 0 Å². The molecule has 2 rings (SSSR count). The average molecular weight is 336 g/mol. The van der Waals surface area contributed by atoms with Crippen LogP contribution in [-0.2, 0) is 4.74 Å². The van der Waals surface area contributed by atoms with Gasteiger partial charge in [-0.15, -0.1) is 0 Å². The maximum atomic E-state index is 12.5. The van der Waals surface area contributed by atoms with Crippen LogP contribution in [0.1, 0.15) is 37.8 Å². The number of benzene rings is 1. The summed E-state index contributed by atoms with van der Waals surface area (Å²) in [7, 11) is 3.29. The first-order valence-electron chi connectivity index (χ1n) is 8.55. The monoisotopic (exact) mass is 336 g/mol. The maximum Gasteiger partial charge on any atom is 0.317 e. The Balaban J connectivity index is 2.03. The lowest BCUT2D eigenvalue weighted by molar-refractivity contribution is 0.143. The summed E-state index contributed by atoms with van der Waals surface area (Å²) in [4.78, 5) is 14.4. The van der Waals surface area contributed by atoms with Crippen LogP contribution in [0.15, 0.2) is 18.2 Å². The molecule has 2 amide bonds. The first-order chi connectivity index (χ1) is 11.7. The van der Waals surface area contributed by atoms with E-state index in [-0.39, 0.29) is 12.1 Å². The van der Waals surface area contributed by atoms with Crippen LogP contribution in [0.2, 0.25) is 0 Å². The van der Waals surface area contributed by atoms with Gasteiger partial charge in [-0.25, -0.2) is 4.79 Å². The second kappa shape index (κ2) is 9.37. The zero-order chi connectivity index (χ0) is 17.4. The highest BCUT2D eigenvalue weighted by Crippen LogP contribution is 2.38. The molecule has 1 saturated heterocycles. The number of likely N-dealkylation sites (tertiary alicyclic amines) is 1. The molecule has 1 heterocycles. The van der Waals surface area contributed by atoms with E-state index in [4.69, 9.17) is 14.2 Å². The van der Waals surface area contributed by atoms with E-state index < -0.39 is 0 Å². The number of rotatable bonds is 8. The van der Waals surface area contributed by atoms with E-state index >= 15 is 0 Å². The van der Waals surface area contributed by atoms with Crippen molar-refractivity contribution < 1.29 is 19.0 Å². The van der Waals surface area contributed by atoms with E-state index in [1.807, 2.05) is 30.0 Å². The van der Waals surface area contributed by atoms with Crippen LogP contribution in [-0.4, -0.2) is 51.5 Å². The summed E-state index contributed by atoms with van der Waals surface area (Å²) >= 11 is 0. The Morgan fingerprint density at radius 1 is 1.33 bits per heavy atom. The van der Waals surface area contributed by atoms with Crippen molar-refractivity contribution in [1.82, 2.24) is 10.2 Å². The number of methoxy groups -OCH3 is 2. The highest BCUT2D eigenvalue weighted by atomic mass is 16.5. The summed E-state index contributed by atoms with van der Waals surface area (Å²) < 4.78 is 16.1. The van der Waals surface area contributed by atoms with Gasteiger partial charge in [-0.3, -0.25) is 0 Å². The maximum absolute atomic E-state index is 12.5. The van der Waals surface area contributed by atoms with Crippen molar-refractivity contribution in [2.75, 3.05) is 40.5 Å². The Morgan fingerprint density at radius 3 is 2.88 bits per heavy atom. The van der Waals surface area contributed by atoms with E-state index in [0.29, 0.717) is 19.8 Å². The van der Waals surface area contributed by atoms with Crippen molar-refractivity contribution in [1.29, 1.82) is 0 Å². The predicted octanol–water partition coefficient (Wildman–Crippen LogP) is 2.98. The Bertz CT molecular complexity index is 536. The Hall–Kier alpha value is -1.95. The van der Waals surface area contributed by atoms with Gasteiger partial charge in [-0.1, -0.05) is 0 Å². The molecule has 6 nitrogen and oxygen atoms in total. The number of nitrogens with zero attached hydrogens (tertiary/aromatic N) is 1. The minimum atomic E-state index is -0.0288. The normalized spacial score (nSPS) is 17.0. The van der Waals surface area contributed by atoms with Gasteiger partial charge in [-0.2, -0.15) is 0 Å². The van der Waals surface area contributed by atoms with Crippen molar-refractivity contribution in [2.45, 2.75) is 32.2 Å². The van der Waals surface area contributed by atoms with Gasteiger partial charge in [0.25, 0.3) is 0 Å². The molecule has 134 valence electrons. The number of hydrogen-bond donors (Lipinski definition) is 1. The van der Waals surface area contributed by atoms with Crippen molar-refractivity contribution in [2.24, 2.45) is 0 Å². The molecule has 6 heteroatoms. The summed E-state index contributed by atoms with van der Waals surface area (Å²) in [5, 5.41) is 2.98. The number of hydrogen-bond acceptors (Lipinski definition) is 4. The first kappa shape index (κ1) is 18.4. The summed E-state index contributed by atoms with van der Waals surface area (Å²) in [6, 6.07) is 5.71. The summed E-state index contributed by atoms with van der Waals surface area (Å²) in [5.41, 5.74) is 0.999. The molecule has 24 heavy (non-hydrogen) atoms. The molecular formula is C18H28N2O4. The lowest BCUT2D eigenvalue weighted by Crippen LogP contribution is -2.40. The van der Waals surface area contributed by atoms with Crippen molar-refractivity contribution >= 4 is 6.03 Å². The molecule has 0 saturated carbocycles. The van der Waals surface area contributed by atoms with Crippen molar-refractivity contribution in [3.05, 3.63) is 23.8 Å². The number of carbonyl (C=O) groups excluding carboxylic acids is 1. The molecule has 1 aromatic rings. The van der Waals surface area contributed by atoms with E-state index in [0.717, 1.165) is 42.9 Å². The summed E-state index contributed by atoms with van der Waals surface area (Å²) in [6.07, 6.45) is 2.73. The third-order valence-electron chi connectivity index (χ3n) is 4.26. The molecule has 1 N–H and O–H groups in total. The number of urea groups is 1. The second-order valence-corrected chi connectivity index (χ2v) is 5.74. The Kier molecular flexibility index (Phi) is 7.18. The third kappa shape index (κ3) is 4.54. The molecule has 0 bridgehead atoms. The van der Waals surface area contributed by atoms with Gasteiger partial charge in [-0.05, 0) is 44.4 Å². The fourth-order valence-corrected chi connectivity index (χ4v) is 3.05. The second-order valence-electron chi connectivity index (χ2n) is 5.74. The molecule has 0 aromatic heterocycles. The van der Waals surface area contributed by atoms with Gasteiger partial charge in [0.2, 0.25) is 0 Å². The molecule has 1 aromatic carbocycles. The van der Waals surface area contributed by atoms with Gasteiger partial charge in [0.15, 0.2) is 0 Å². The highest BCUT2D eigenvalue weighted by molar-refractivity contribution is 5.75. The first-order valence-corrected chi connectivity index (χ1v) is 8.55. The SMILES string of the molecule is CCOCCCNC(=O)N1CCCC1c1cc(OC)ccc1OC. The third-order valence-corrected chi connectivity index (χ3v) is 4.26. The minimum absolute atomic E-state index is 0.0157. The molecule has 0 radical (unpaired) electrons. The van der Waals surface area contributed by atoms with Gasteiger partial charge in [0.05, 0.1) is 20.3 Å². The summed E-state index contributed by atoms with van der Waals surface area (Å²) in [6.45, 7) is 4.72. The number of carbonyl (C=O) groups is 1.